The van der Waals surface area contributed by atoms with Gasteiger partial charge in [-0.3, -0.25) is 14.9 Å². The molecule has 202 valence electrons. The molecule has 0 bridgehead atoms. The molecule has 0 saturated carbocycles. The van der Waals surface area contributed by atoms with E-state index in [0.717, 1.165) is 19.4 Å². The summed E-state index contributed by atoms with van der Waals surface area (Å²) in [7, 11) is -3.81. The first kappa shape index (κ1) is 28.2. The maximum atomic E-state index is 12.9. The molecular weight excluding hydrogens is 496 g/mol. The number of anilines is 1. The number of hydrogen-bond donors (Lipinski definition) is 7. The van der Waals surface area contributed by atoms with Gasteiger partial charge in [-0.15, -0.1) is 0 Å². The molecule has 1 aliphatic rings. The lowest BCUT2D eigenvalue weighted by molar-refractivity contribution is -0.121. The number of sulfonamides is 1. The highest BCUT2D eigenvalue weighted by Crippen LogP contribution is 2.32. The molecule has 12 heteroatoms. The van der Waals surface area contributed by atoms with Crippen LogP contribution in [-0.2, 0) is 27.0 Å². The molecule has 0 radical (unpaired) electrons. The van der Waals surface area contributed by atoms with Gasteiger partial charge in [-0.05, 0) is 43.5 Å². The second-order valence-electron chi connectivity index (χ2n) is 9.27. The molecule has 37 heavy (non-hydrogen) atoms. The third-order valence-electron chi connectivity index (χ3n) is 6.34. The van der Waals surface area contributed by atoms with E-state index >= 15 is 0 Å². The van der Waals surface area contributed by atoms with Gasteiger partial charge in [-0.25, -0.2) is 8.42 Å². The van der Waals surface area contributed by atoms with Crippen molar-refractivity contribution in [2.24, 2.45) is 5.73 Å². The normalized spacial score (nSPS) is 16.5. The van der Waals surface area contributed by atoms with Crippen LogP contribution >= 0.6 is 0 Å². The number of carbonyl (C=O) groups is 1. The molecule has 1 heterocycles. The Labute approximate surface area is 217 Å². The van der Waals surface area contributed by atoms with Gasteiger partial charge < -0.3 is 31.5 Å². The smallest absolute Gasteiger partial charge is 0.237 e. The largest absolute Gasteiger partial charge is 0.505 e. The Morgan fingerprint density at radius 2 is 2.00 bits per heavy atom. The van der Waals surface area contributed by atoms with Gasteiger partial charge in [0, 0.05) is 24.7 Å². The van der Waals surface area contributed by atoms with Crippen LogP contribution in [0.3, 0.4) is 0 Å². The van der Waals surface area contributed by atoms with E-state index in [0.29, 0.717) is 17.7 Å². The van der Waals surface area contributed by atoms with Gasteiger partial charge in [0.1, 0.15) is 5.75 Å². The fourth-order valence-corrected chi connectivity index (χ4v) is 5.61. The molecule has 2 atom stereocenters. The molecule has 2 aromatic rings. The van der Waals surface area contributed by atoms with E-state index in [1.807, 2.05) is 0 Å². The number of phenolic OH excluding ortho intramolecular Hbond substituents is 1. The molecule has 1 amide bonds. The standard InChI is InChI=1S/C25H36N6O5S/c1-17-9-10-22(30-37(35,36)16-18-6-3-2-4-7-18)24(34)21(17)12-23(33)29-19(15-32)14-31(25(26)27)20-8-5-11-28-13-20/h2-4,6-7,9-10,19-20,28,30,32,34H,5,8,11-16H2,1H3,(H3,26,27)(H,29,33)/t19-,20+/m0/s1. The quantitative estimate of drug-likeness (QED) is 0.125. The maximum Gasteiger partial charge on any atom is 0.237 e. The van der Waals surface area contributed by atoms with Crippen LogP contribution in [0.4, 0.5) is 5.69 Å². The Morgan fingerprint density at radius 3 is 2.62 bits per heavy atom. The lowest BCUT2D eigenvalue weighted by Crippen LogP contribution is -2.56. The van der Waals surface area contributed by atoms with Crippen molar-refractivity contribution >= 4 is 27.6 Å². The van der Waals surface area contributed by atoms with Gasteiger partial charge in [-0.1, -0.05) is 36.4 Å². The average Bonchev–Trinajstić information content (AvgIpc) is 2.86. The summed E-state index contributed by atoms with van der Waals surface area (Å²) >= 11 is 0. The topological polar surface area (TPSA) is 181 Å². The van der Waals surface area contributed by atoms with Crippen LogP contribution in [0.15, 0.2) is 42.5 Å². The molecule has 0 unspecified atom stereocenters. The number of benzene rings is 2. The molecule has 1 saturated heterocycles. The van der Waals surface area contributed by atoms with Crippen LogP contribution in [0.25, 0.3) is 0 Å². The van der Waals surface area contributed by atoms with Gasteiger partial charge in [-0.2, -0.15) is 0 Å². The van der Waals surface area contributed by atoms with Crippen molar-refractivity contribution in [1.29, 1.82) is 5.41 Å². The first-order chi connectivity index (χ1) is 17.6. The van der Waals surface area contributed by atoms with Gasteiger partial charge in [0.2, 0.25) is 15.9 Å². The van der Waals surface area contributed by atoms with Crippen molar-refractivity contribution in [3.63, 3.8) is 0 Å². The van der Waals surface area contributed by atoms with Crippen LogP contribution in [0.1, 0.15) is 29.5 Å². The molecular formula is C25H36N6O5S. The summed E-state index contributed by atoms with van der Waals surface area (Å²) in [5.74, 6) is -1.19. The monoisotopic (exact) mass is 532 g/mol. The van der Waals surface area contributed by atoms with E-state index in [1.165, 1.54) is 6.07 Å². The number of amides is 1. The number of rotatable bonds is 11. The van der Waals surface area contributed by atoms with Gasteiger partial charge in [0.25, 0.3) is 0 Å². The van der Waals surface area contributed by atoms with E-state index in [9.17, 15) is 23.4 Å². The molecule has 3 rings (SSSR count). The van der Waals surface area contributed by atoms with Gasteiger partial charge in [0.15, 0.2) is 5.96 Å². The third-order valence-corrected chi connectivity index (χ3v) is 7.59. The highest BCUT2D eigenvalue weighted by Gasteiger charge is 2.26. The molecule has 1 aliphatic heterocycles. The van der Waals surface area contributed by atoms with Crippen molar-refractivity contribution in [2.75, 3.05) is 31.0 Å². The summed E-state index contributed by atoms with van der Waals surface area (Å²) in [6.45, 7) is 3.06. The average molecular weight is 533 g/mol. The van der Waals surface area contributed by atoms with Crippen molar-refractivity contribution in [3.8, 4) is 5.75 Å². The van der Waals surface area contributed by atoms with Crippen molar-refractivity contribution in [1.82, 2.24) is 15.5 Å². The van der Waals surface area contributed by atoms with Crippen LogP contribution in [0.2, 0.25) is 0 Å². The lowest BCUT2D eigenvalue weighted by atomic mass is 10.0. The van der Waals surface area contributed by atoms with Crippen molar-refractivity contribution in [3.05, 3.63) is 59.2 Å². The summed E-state index contributed by atoms with van der Waals surface area (Å²) in [5.41, 5.74) is 7.24. The van der Waals surface area contributed by atoms with E-state index in [2.05, 4.69) is 15.4 Å². The van der Waals surface area contributed by atoms with Crippen LogP contribution < -0.4 is 21.1 Å². The Bertz CT molecular complexity index is 1190. The summed E-state index contributed by atoms with van der Waals surface area (Å²) < 4.78 is 27.7. The second-order valence-corrected chi connectivity index (χ2v) is 11.0. The summed E-state index contributed by atoms with van der Waals surface area (Å²) in [4.78, 5) is 14.5. The number of aliphatic hydroxyl groups excluding tert-OH is 1. The summed E-state index contributed by atoms with van der Waals surface area (Å²) in [5, 5.41) is 34.6. The van der Waals surface area contributed by atoms with Gasteiger partial charge in [0.05, 0.1) is 30.5 Å². The number of aliphatic hydroxyl groups is 1. The number of nitrogens with zero attached hydrogens (tertiary/aromatic N) is 1. The highest BCUT2D eigenvalue weighted by atomic mass is 32.2. The third kappa shape index (κ3) is 8.07. The van der Waals surface area contributed by atoms with Crippen LogP contribution in [-0.4, -0.2) is 73.7 Å². The number of nitrogens with one attached hydrogen (secondary N) is 4. The first-order valence-electron chi connectivity index (χ1n) is 12.2. The minimum atomic E-state index is -3.81. The minimum Gasteiger partial charge on any atom is -0.505 e. The zero-order chi connectivity index (χ0) is 27.0. The number of hydrogen-bond acceptors (Lipinski definition) is 7. The molecule has 2 aromatic carbocycles. The maximum absolute atomic E-state index is 12.9. The second kappa shape index (κ2) is 12.7. The molecule has 0 spiro atoms. The number of piperidine rings is 1. The zero-order valence-corrected chi connectivity index (χ0v) is 21.7. The Balaban J connectivity index is 1.68. The fraction of sp³-hybridized carbons (Fsp3) is 0.440. The number of guanidine groups is 1. The number of aryl methyl sites for hydroxylation is 1. The minimum absolute atomic E-state index is 0.0101. The molecule has 11 nitrogen and oxygen atoms in total. The van der Waals surface area contributed by atoms with E-state index in [1.54, 1.807) is 48.2 Å². The predicted octanol–water partition coefficient (Wildman–Crippen LogP) is 0.610. The number of carbonyl (C=O) groups excluding carboxylic acids is 1. The molecule has 8 N–H and O–H groups in total. The summed E-state index contributed by atoms with van der Waals surface area (Å²) in [6.07, 6.45) is 1.56. The Morgan fingerprint density at radius 1 is 1.27 bits per heavy atom. The molecule has 0 aliphatic carbocycles. The van der Waals surface area contributed by atoms with Crippen molar-refractivity contribution < 1.29 is 23.4 Å². The van der Waals surface area contributed by atoms with Gasteiger partial charge >= 0.3 is 0 Å². The Hall–Kier alpha value is -3.35. The van der Waals surface area contributed by atoms with E-state index in [-0.39, 0.29) is 54.3 Å². The number of aromatic hydroxyl groups is 1. The van der Waals surface area contributed by atoms with Crippen LogP contribution in [0, 0.1) is 12.3 Å². The molecule has 0 aromatic heterocycles. The SMILES string of the molecule is Cc1ccc(NS(=O)(=O)Cc2ccccc2)c(O)c1CC(=O)N[C@H](CO)CN(C(=N)N)[C@@H]1CCCNC1. The zero-order valence-electron chi connectivity index (χ0n) is 20.9. The predicted molar refractivity (Wildman–Crippen MR) is 143 cm³/mol. The fourth-order valence-electron chi connectivity index (χ4n) is 4.41. The molecule has 1 fully saturated rings. The van der Waals surface area contributed by atoms with Crippen molar-refractivity contribution in [2.45, 2.75) is 44.0 Å². The highest BCUT2D eigenvalue weighted by molar-refractivity contribution is 7.91. The Kier molecular flexibility index (Phi) is 9.73. The van der Waals surface area contributed by atoms with E-state index < -0.39 is 22.0 Å². The number of phenols is 1. The van der Waals surface area contributed by atoms with Crippen LogP contribution in [0.5, 0.6) is 5.75 Å². The summed E-state index contributed by atoms with van der Waals surface area (Å²) in [6, 6.07) is 11.0. The first-order valence-corrected chi connectivity index (χ1v) is 13.8. The lowest BCUT2D eigenvalue weighted by Gasteiger charge is -2.37. The number of nitrogens with two attached hydrogens (primary N) is 1. The van der Waals surface area contributed by atoms with E-state index in [4.69, 9.17) is 11.1 Å².